The Bertz CT molecular complexity index is 130. The first-order valence-electron chi connectivity index (χ1n) is 3.15. The van der Waals surface area contributed by atoms with E-state index in [2.05, 4.69) is 0 Å². The van der Waals surface area contributed by atoms with Crippen LogP contribution < -0.4 is 0 Å². The minimum absolute atomic E-state index is 0.279. The van der Waals surface area contributed by atoms with E-state index >= 15 is 0 Å². The van der Waals surface area contributed by atoms with Crippen LogP contribution in [0.25, 0.3) is 0 Å². The number of nitrogens with zero attached hydrogens (tertiary/aromatic N) is 2. The molecular formula is C6H10N2O. The van der Waals surface area contributed by atoms with E-state index in [1.54, 1.807) is 4.90 Å². The van der Waals surface area contributed by atoms with E-state index < -0.39 is 0 Å². The van der Waals surface area contributed by atoms with E-state index in [1.807, 2.05) is 6.19 Å². The fraction of sp³-hybridized carbons (Fsp3) is 0.833. The average Bonchev–Trinajstić information content (AvgIpc) is 1.88. The molecule has 0 radical (unpaired) electrons. The summed E-state index contributed by atoms with van der Waals surface area (Å²) in [5.41, 5.74) is 0. The van der Waals surface area contributed by atoms with Crippen molar-refractivity contribution in [1.29, 1.82) is 5.26 Å². The van der Waals surface area contributed by atoms with Gasteiger partial charge >= 0.3 is 0 Å². The van der Waals surface area contributed by atoms with Crippen molar-refractivity contribution in [2.45, 2.75) is 18.9 Å². The van der Waals surface area contributed by atoms with Gasteiger partial charge in [0, 0.05) is 6.54 Å². The van der Waals surface area contributed by atoms with Gasteiger partial charge in [0.15, 0.2) is 6.19 Å². The van der Waals surface area contributed by atoms with Gasteiger partial charge < -0.3 is 10.0 Å². The number of likely N-dealkylation sites (tertiary alicyclic amines) is 1. The second-order valence-corrected chi connectivity index (χ2v) is 2.34. The van der Waals surface area contributed by atoms with Crippen molar-refractivity contribution in [3.8, 4) is 6.19 Å². The molecule has 0 aromatic heterocycles. The second kappa shape index (κ2) is 2.70. The number of piperidine rings is 1. The molecule has 0 spiro atoms. The van der Waals surface area contributed by atoms with Gasteiger partial charge in [0.2, 0.25) is 0 Å². The number of rotatable bonds is 0. The molecule has 1 aliphatic heterocycles. The van der Waals surface area contributed by atoms with Gasteiger partial charge in [0.25, 0.3) is 0 Å². The van der Waals surface area contributed by atoms with Gasteiger partial charge in [-0.25, -0.2) is 0 Å². The van der Waals surface area contributed by atoms with Crippen molar-refractivity contribution in [3.63, 3.8) is 0 Å². The second-order valence-electron chi connectivity index (χ2n) is 2.34. The number of aliphatic hydroxyl groups is 1. The fourth-order valence-corrected chi connectivity index (χ4v) is 1.05. The largest absolute Gasteiger partial charge is 0.391 e. The predicted octanol–water partition coefficient (Wildman–Crippen LogP) is -0.0758. The highest BCUT2D eigenvalue weighted by Gasteiger charge is 2.15. The highest BCUT2D eigenvalue weighted by molar-refractivity contribution is 4.80. The zero-order valence-electron chi connectivity index (χ0n) is 5.25. The molecule has 1 atom stereocenters. The summed E-state index contributed by atoms with van der Waals surface area (Å²) in [6.07, 6.45) is 3.51. The first kappa shape index (κ1) is 6.37. The molecule has 0 saturated carbocycles. The van der Waals surface area contributed by atoms with Crippen molar-refractivity contribution in [2.24, 2.45) is 0 Å². The van der Waals surface area contributed by atoms with Gasteiger partial charge in [-0.2, -0.15) is 5.26 Å². The van der Waals surface area contributed by atoms with Gasteiger partial charge in [-0.1, -0.05) is 0 Å². The summed E-state index contributed by atoms with van der Waals surface area (Å²) in [6.45, 7) is 1.34. The first-order chi connectivity index (χ1) is 4.33. The number of hydrogen-bond donors (Lipinski definition) is 1. The molecule has 1 heterocycles. The third kappa shape index (κ3) is 1.58. The first-order valence-corrected chi connectivity index (χ1v) is 3.15. The molecule has 0 aliphatic carbocycles. The molecule has 0 amide bonds. The predicted molar refractivity (Wildman–Crippen MR) is 32.4 cm³/mol. The van der Waals surface area contributed by atoms with Crippen LogP contribution in [-0.2, 0) is 0 Å². The van der Waals surface area contributed by atoms with Crippen LogP contribution in [0.4, 0.5) is 0 Å². The summed E-state index contributed by atoms with van der Waals surface area (Å²) in [6, 6.07) is 0. The van der Waals surface area contributed by atoms with E-state index in [4.69, 9.17) is 10.4 Å². The van der Waals surface area contributed by atoms with Gasteiger partial charge in [0.05, 0.1) is 12.6 Å². The zero-order valence-corrected chi connectivity index (χ0v) is 5.25. The quantitative estimate of drug-likeness (QED) is 0.462. The molecule has 3 nitrogen and oxygen atoms in total. The fourth-order valence-electron chi connectivity index (χ4n) is 1.05. The average molecular weight is 126 g/mol. The Kier molecular flexibility index (Phi) is 1.91. The van der Waals surface area contributed by atoms with E-state index in [0.29, 0.717) is 6.54 Å². The van der Waals surface area contributed by atoms with E-state index in [0.717, 1.165) is 19.4 Å². The minimum Gasteiger partial charge on any atom is -0.391 e. The summed E-state index contributed by atoms with van der Waals surface area (Å²) >= 11 is 0. The van der Waals surface area contributed by atoms with Crippen molar-refractivity contribution < 1.29 is 5.11 Å². The Morgan fingerprint density at radius 1 is 1.67 bits per heavy atom. The Morgan fingerprint density at radius 2 is 2.44 bits per heavy atom. The number of hydrogen-bond acceptors (Lipinski definition) is 3. The maximum Gasteiger partial charge on any atom is 0.179 e. The summed E-state index contributed by atoms with van der Waals surface area (Å²) in [4.78, 5) is 1.59. The standard InChI is InChI=1S/C6H10N2O/c7-5-8-3-1-2-6(9)4-8/h6,9H,1-4H2/t6-/m0/s1. The Hall–Kier alpha value is -0.750. The minimum atomic E-state index is -0.279. The van der Waals surface area contributed by atoms with Crippen LogP contribution in [0.1, 0.15) is 12.8 Å². The molecule has 1 fully saturated rings. The van der Waals surface area contributed by atoms with Gasteiger partial charge in [0.1, 0.15) is 0 Å². The maximum atomic E-state index is 9.02. The molecule has 9 heavy (non-hydrogen) atoms. The monoisotopic (exact) mass is 126 g/mol. The van der Waals surface area contributed by atoms with Crippen LogP contribution in [0.5, 0.6) is 0 Å². The molecule has 1 N–H and O–H groups in total. The lowest BCUT2D eigenvalue weighted by molar-refractivity contribution is 0.0977. The Labute approximate surface area is 54.5 Å². The highest BCUT2D eigenvalue weighted by atomic mass is 16.3. The van der Waals surface area contributed by atoms with Crippen LogP contribution in [0.2, 0.25) is 0 Å². The van der Waals surface area contributed by atoms with Crippen LogP contribution in [0, 0.1) is 11.5 Å². The van der Waals surface area contributed by atoms with Crippen molar-refractivity contribution in [3.05, 3.63) is 0 Å². The topological polar surface area (TPSA) is 47.3 Å². The molecule has 1 saturated heterocycles. The van der Waals surface area contributed by atoms with Crippen molar-refractivity contribution >= 4 is 0 Å². The molecule has 3 heteroatoms. The van der Waals surface area contributed by atoms with E-state index in [9.17, 15) is 0 Å². The molecule has 1 aliphatic rings. The SMILES string of the molecule is N#CN1CCC[C@H](O)C1. The van der Waals surface area contributed by atoms with Gasteiger partial charge in [-0.3, -0.25) is 0 Å². The van der Waals surface area contributed by atoms with Crippen LogP contribution >= 0.6 is 0 Å². The third-order valence-electron chi connectivity index (χ3n) is 1.54. The number of nitriles is 1. The normalized spacial score (nSPS) is 27.6. The lowest BCUT2D eigenvalue weighted by Gasteiger charge is -2.24. The lowest BCUT2D eigenvalue weighted by Crippen LogP contribution is -2.34. The number of β-amino-alcohol motifs (C(OH)–C–C–N with tert-alkyl or cyclic N) is 1. The van der Waals surface area contributed by atoms with Crippen LogP contribution in [-0.4, -0.2) is 29.2 Å². The molecular weight excluding hydrogens is 116 g/mol. The van der Waals surface area contributed by atoms with E-state index in [1.165, 1.54) is 0 Å². The molecule has 0 aromatic rings. The van der Waals surface area contributed by atoms with Crippen molar-refractivity contribution in [1.82, 2.24) is 4.90 Å². The summed E-state index contributed by atoms with van der Waals surface area (Å²) in [7, 11) is 0. The zero-order chi connectivity index (χ0) is 6.69. The van der Waals surface area contributed by atoms with E-state index in [-0.39, 0.29) is 6.10 Å². The van der Waals surface area contributed by atoms with Gasteiger partial charge in [-0.05, 0) is 12.8 Å². The maximum absolute atomic E-state index is 9.02. The molecule has 0 unspecified atom stereocenters. The smallest absolute Gasteiger partial charge is 0.179 e. The molecule has 50 valence electrons. The summed E-state index contributed by atoms with van der Waals surface area (Å²) < 4.78 is 0. The molecule has 0 bridgehead atoms. The van der Waals surface area contributed by atoms with Gasteiger partial charge in [-0.15, -0.1) is 0 Å². The lowest BCUT2D eigenvalue weighted by atomic mass is 10.1. The Balaban J connectivity index is 2.34. The highest BCUT2D eigenvalue weighted by Crippen LogP contribution is 2.07. The Morgan fingerprint density at radius 3 is 2.89 bits per heavy atom. The molecule has 1 rings (SSSR count). The number of aliphatic hydroxyl groups excluding tert-OH is 1. The summed E-state index contributed by atoms with van der Waals surface area (Å²) in [5, 5.41) is 17.4. The summed E-state index contributed by atoms with van der Waals surface area (Å²) in [5.74, 6) is 0. The van der Waals surface area contributed by atoms with Crippen LogP contribution in [0.15, 0.2) is 0 Å². The third-order valence-corrected chi connectivity index (χ3v) is 1.54. The molecule has 0 aromatic carbocycles. The van der Waals surface area contributed by atoms with Crippen LogP contribution in [0.3, 0.4) is 0 Å². The van der Waals surface area contributed by atoms with Crippen molar-refractivity contribution in [2.75, 3.05) is 13.1 Å².